The summed E-state index contributed by atoms with van der Waals surface area (Å²) in [6, 6.07) is 9.76. The van der Waals surface area contributed by atoms with Crippen molar-refractivity contribution in [1.82, 2.24) is 15.0 Å². The quantitative estimate of drug-likeness (QED) is 0.555. The molecule has 2 aromatic rings. The lowest BCUT2D eigenvalue weighted by atomic mass is 10.1. The van der Waals surface area contributed by atoms with Crippen LogP contribution in [0.3, 0.4) is 0 Å². The van der Waals surface area contributed by atoms with E-state index in [1.807, 2.05) is 34.1 Å². The molecule has 0 saturated heterocycles. The Hall–Kier alpha value is -2.67. The topological polar surface area (TPSA) is 69.9 Å². The Bertz CT molecular complexity index is 969. The van der Waals surface area contributed by atoms with Crippen LogP contribution in [0, 0.1) is 11.8 Å². The fourth-order valence-electron chi connectivity index (χ4n) is 4.67. The minimum atomic E-state index is -0.130. The first-order chi connectivity index (χ1) is 16.8. The number of aryl methyl sites for hydroxylation is 1. The highest BCUT2D eigenvalue weighted by Gasteiger charge is 2.26. The van der Waals surface area contributed by atoms with Crippen molar-refractivity contribution in [3.63, 3.8) is 0 Å². The fraction of sp³-hybridized carbons (Fsp3) is 0.607. The van der Waals surface area contributed by atoms with Crippen LogP contribution < -0.4 is 4.90 Å². The first-order valence-electron chi connectivity index (χ1n) is 13.1. The van der Waals surface area contributed by atoms with Gasteiger partial charge in [-0.2, -0.15) is 0 Å². The lowest BCUT2D eigenvalue weighted by Gasteiger charge is -2.28. The van der Waals surface area contributed by atoms with Gasteiger partial charge in [-0.25, -0.2) is 0 Å². The van der Waals surface area contributed by atoms with Crippen molar-refractivity contribution in [3.05, 3.63) is 47.3 Å². The average Bonchev–Trinajstić information content (AvgIpc) is 3.25. The second kappa shape index (κ2) is 12.9. The highest BCUT2D eigenvalue weighted by Crippen LogP contribution is 2.25. The second-order valence-corrected chi connectivity index (χ2v) is 10.5. The zero-order valence-corrected chi connectivity index (χ0v) is 22.1. The molecule has 0 saturated carbocycles. The van der Waals surface area contributed by atoms with Gasteiger partial charge < -0.3 is 19.2 Å². The lowest BCUT2D eigenvalue weighted by Crippen LogP contribution is -2.40. The van der Waals surface area contributed by atoms with E-state index in [0.717, 1.165) is 55.9 Å². The SMILES string of the molecule is CCCc1cc(C(=O)N2CCN(CC(C)C)CCCN(C(=O)CC(C)C)c3ccccc3C2)no1. The predicted molar refractivity (Wildman–Crippen MR) is 139 cm³/mol. The molecule has 0 unspecified atom stereocenters. The van der Waals surface area contributed by atoms with E-state index in [1.54, 1.807) is 6.07 Å². The number of para-hydroxylation sites is 1. The van der Waals surface area contributed by atoms with Crippen molar-refractivity contribution < 1.29 is 14.1 Å². The van der Waals surface area contributed by atoms with Crippen LogP contribution in [0.25, 0.3) is 0 Å². The van der Waals surface area contributed by atoms with E-state index in [-0.39, 0.29) is 17.7 Å². The minimum absolute atomic E-state index is 0.130. The van der Waals surface area contributed by atoms with Crippen LogP contribution in [0.2, 0.25) is 0 Å². The van der Waals surface area contributed by atoms with Crippen molar-refractivity contribution in [2.45, 2.75) is 66.8 Å². The fourth-order valence-corrected chi connectivity index (χ4v) is 4.67. The Balaban J connectivity index is 1.95. The zero-order chi connectivity index (χ0) is 25.4. The molecule has 0 atom stereocenters. The Morgan fingerprint density at radius 1 is 1.03 bits per heavy atom. The number of hydrogen-bond donors (Lipinski definition) is 0. The van der Waals surface area contributed by atoms with Crippen LogP contribution in [-0.4, -0.2) is 59.5 Å². The molecule has 7 heteroatoms. The molecule has 1 aliphatic heterocycles. The Morgan fingerprint density at radius 2 is 1.80 bits per heavy atom. The van der Waals surface area contributed by atoms with Crippen LogP contribution in [0.1, 0.15) is 75.7 Å². The summed E-state index contributed by atoms with van der Waals surface area (Å²) >= 11 is 0. The van der Waals surface area contributed by atoms with Crippen LogP contribution >= 0.6 is 0 Å². The summed E-state index contributed by atoms with van der Waals surface area (Å²) < 4.78 is 5.41. The maximum atomic E-state index is 13.6. The van der Waals surface area contributed by atoms with Crippen molar-refractivity contribution in [2.75, 3.05) is 37.6 Å². The number of nitrogens with zero attached hydrogens (tertiary/aromatic N) is 4. The van der Waals surface area contributed by atoms with E-state index >= 15 is 0 Å². The molecule has 0 spiro atoms. The van der Waals surface area contributed by atoms with Crippen LogP contribution in [-0.2, 0) is 17.8 Å². The number of fused-ring (bicyclic) bond motifs is 1. The maximum absolute atomic E-state index is 13.6. The standard InChI is InChI=1S/C28H42N4O3/c1-6-10-24-18-25(29-35-24)28(34)31-16-15-30(19-22(4)5)13-9-14-32(27(33)17-21(2)3)26-12-8-7-11-23(26)20-31/h7-8,11-12,18,21-22H,6,9-10,13-17,19-20H2,1-5H3. The van der Waals surface area contributed by atoms with E-state index in [1.165, 1.54) is 0 Å². The van der Waals surface area contributed by atoms with Gasteiger partial charge in [-0.05, 0) is 42.9 Å². The Morgan fingerprint density at radius 3 is 2.51 bits per heavy atom. The molecule has 1 aliphatic rings. The van der Waals surface area contributed by atoms with Crippen molar-refractivity contribution in [3.8, 4) is 0 Å². The molecule has 0 N–H and O–H groups in total. The molecule has 35 heavy (non-hydrogen) atoms. The minimum Gasteiger partial charge on any atom is -0.361 e. The van der Waals surface area contributed by atoms with E-state index in [2.05, 4.69) is 44.7 Å². The first-order valence-corrected chi connectivity index (χ1v) is 13.1. The summed E-state index contributed by atoms with van der Waals surface area (Å²) in [5, 5.41) is 4.08. The molecule has 1 aromatic carbocycles. The summed E-state index contributed by atoms with van der Waals surface area (Å²) in [6.45, 7) is 15.0. The van der Waals surface area contributed by atoms with Gasteiger partial charge in [0.2, 0.25) is 5.91 Å². The van der Waals surface area contributed by atoms with Gasteiger partial charge >= 0.3 is 0 Å². The largest absolute Gasteiger partial charge is 0.361 e. The molecule has 2 amide bonds. The molecular weight excluding hydrogens is 440 g/mol. The number of carbonyl (C=O) groups excluding carboxylic acids is 2. The van der Waals surface area contributed by atoms with Gasteiger partial charge in [0.15, 0.2) is 5.69 Å². The third kappa shape index (κ3) is 7.66. The number of anilines is 1. The first kappa shape index (κ1) is 26.9. The monoisotopic (exact) mass is 482 g/mol. The van der Waals surface area contributed by atoms with Crippen LogP contribution in [0.4, 0.5) is 5.69 Å². The Labute approximate surface area is 210 Å². The number of benzene rings is 1. The summed E-state index contributed by atoms with van der Waals surface area (Å²) in [4.78, 5) is 33.1. The van der Waals surface area contributed by atoms with Crippen molar-refractivity contribution in [2.24, 2.45) is 11.8 Å². The molecule has 3 rings (SSSR count). The molecule has 192 valence electrons. The molecule has 0 bridgehead atoms. The highest BCUT2D eigenvalue weighted by molar-refractivity contribution is 5.95. The molecule has 0 aliphatic carbocycles. The van der Waals surface area contributed by atoms with Gasteiger partial charge in [0.1, 0.15) is 5.76 Å². The summed E-state index contributed by atoms with van der Waals surface area (Å²) in [6.07, 6.45) is 3.09. The number of hydrogen-bond acceptors (Lipinski definition) is 5. The number of aromatic nitrogens is 1. The second-order valence-electron chi connectivity index (χ2n) is 10.5. The summed E-state index contributed by atoms with van der Waals surface area (Å²) in [7, 11) is 0. The molecule has 1 aromatic heterocycles. The van der Waals surface area contributed by atoms with Gasteiger partial charge in [-0.15, -0.1) is 0 Å². The average molecular weight is 483 g/mol. The highest BCUT2D eigenvalue weighted by atomic mass is 16.5. The normalized spacial score (nSPS) is 15.9. The molecular formula is C28H42N4O3. The lowest BCUT2D eigenvalue weighted by molar-refractivity contribution is -0.119. The van der Waals surface area contributed by atoms with Gasteiger partial charge in [0, 0.05) is 57.3 Å². The summed E-state index contributed by atoms with van der Waals surface area (Å²) in [5.41, 5.74) is 2.23. The van der Waals surface area contributed by atoms with Crippen LogP contribution in [0.5, 0.6) is 0 Å². The number of rotatable bonds is 7. The maximum Gasteiger partial charge on any atom is 0.276 e. The molecule has 0 fully saturated rings. The van der Waals surface area contributed by atoms with Crippen LogP contribution in [0.15, 0.2) is 34.9 Å². The van der Waals surface area contributed by atoms with E-state index in [4.69, 9.17) is 4.52 Å². The number of carbonyl (C=O) groups is 2. The smallest absolute Gasteiger partial charge is 0.276 e. The third-order valence-corrected chi connectivity index (χ3v) is 6.25. The van der Waals surface area contributed by atoms with E-state index < -0.39 is 0 Å². The summed E-state index contributed by atoms with van der Waals surface area (Å²) in [5.74, 6) is 1.55. The predicted octanol–water partition coefficient (Wildman–Crippen LogP) is 5.01. The molecule has 0 radical (unpaired) electrons. The Kier molecular flexibility index (Phi) is 9.90. The zero-order valence-electron chi connectivity index (χ0n) is 22.1. The third-order valence-electron chi connectivity index (χ3n) is 6.25. The van der Waals surface area contributed by atoms with Gasteiger partial charge in [-0.1, -0.05) is 58.0 Å². The van der Waals surface area contributed by atoms with E-state index in [9.17, 15) is 9.59 Å². The molecule has 2 heterocycles. The van der Waals surface area contributed by atoms with E-state index in [0.29, 0.717) is 37.7 Å². The molecule has 7 nitrogen and oxygen atoms in total. The number of amides is 2. The van der Waals surface area contributed by atoms with Crippen molar-refractivity contribution in [1.29, 1.82) is 0 Å². The van der Waals surface area contributed by atoms with Gasteiger partial charge in [-0.3, -0.25) is 9.59 Å². The van der Waals surface area contributed by atoms with Gasteiger partial charge in [0.25, 0.3) is 5.91 Å². The van der Waals surface area contributed by atoms with Crippen molar-refractivity contribution >= 4 is 17.5 Å². The van der Waals surface area contributed by atoms with Gasteiger partial charge in [0.05, 0.1) is 0 Å².